The third kappa shape index (κ3) is 2.94. The minimum absolute atomic E-state index is 0.0457. The Hall–Kier alpha value is -1.84. The number of hydrogen-bond acceptors (Lipinski definition) is 2. The van der Waals surface area contributed by atoms with Crippen molar-refractivity contribution in [3.8, 4) is 0 Å². The summed E-state index contributed by atoms with van der Waals surface area (Å²) in [6, 6.07) is 6.44. The summed E-state index contributed by atoms with van der Waals surface area (Å²) in [4.78, 5) is 16.3. The number of carbonyl (C=O) groups excluding carboxylic acids is 1. The number of aromatic nitrogens is 2. The number of nitrogens with one attached hydrogen (secondary N) is 1. The Kier molecular flexibility index (Phi) is 3.70. The van der Waals surface area contributed by atoms with Gasteiger partial charge >= 0.3 is 0 Å². The van der Waals surface area contributed by atoms with Gasteiger partial charge in [-0.05, 0) is 37.0 Å². The maximum absolute atomic E-state index is 11.5. The highest BCUT2D eigenvalue weighted by Crippen LogP contribution is 2.40. The summed E-state index contributed by atoms with van der Waals surface area (Å²) in [5.74, 6) is 2.04. The smallest absolute Gasteiger partial charge is 0.222 e. The lowest BCUT2D eigenvalue weighted by Crippen LogP contribution is -2.29. The lowest BCUT2D eigenvalue weighted by atomic mass is 10.1. The van der Waals surface area contributed by atoms with Crippen LogP contribution in [0.1, 0.15) is 44.0 Å². The largest absolute Gasteiger partial charge is 0.356 e. The summed E-state index contributed by atoms with van der Waals surface area (Å²) in [7, 11) is 2.10. The number of imidazole rings is 1. The molecule has 1 amide bonds. The maximum Gasteiger partial charge on any atom is 0.222 e. The molecular formula is C17H23N3O. The molecule has 0 bridgehead atoms. The summed E-state index contributed by atoms with van der Waals surface area (Å²) < 4.78 is 2.22. The van der Waals surface area contributed by atoms with E-state index in [-0.39, 0.29) is 11.8 Å². The second kappa shape index (κ2) is 5.51. The number of nitrogens with zero attached hydrogens (tertiary/aromatic N) is 2. The van der Waals surface area contributed by atoms with Crippen LogP contribution in [0.25, 0.3) is 11.0 Å². The molecule has 3 rings (SSSR count). The molecule has 1 aromatic carbocycles. The van der Waals surface area contributed by atoms with Gasteiger partial charge in [0.05, 0.1) is 11.0 Å². The fourth-order valence-electron chi connectivity index (χ4n) is 2.66. The maximum atomic E-state index is 11.5. The van der Waals surface area contributed by atoms with Crippen molar-refractivity contribution in [2.75, 3.05) is 6.54 Å². The zero-order chi connectivity index (χ0) is 15.0. The third-order valence-electron chi connectivity index (χ3n) is 4.16. The van der Waals surface area contributed by atoms with Crippen LogP contribution in [0.4, 0.5) is 0 Å². The lowest BCUT2D eigenvalue weighted by molar-refractivity contribution is -0.123. The molecule has 4 heteroatoms. The van der Waals surface area contributed by atoms with Crippen molar-refractivity contribution in [3.05, 3.63) is 29.6 Å². The molecule has 1 N–H and O–H groups in total. The van der Waals surface area contributed by atoms with Crippen LogP contribution < -0.4 is 5.32 Å². The van der Waals surface area contributed by atoms with Crippen LogP contribution in [0, 0.1) is 5.92 Å². The van der Waals surface area contributed by atoms with E-state index in [1.165, 1.54) is 29.7 Å². The minimum Gasteiger partial charge on any atom is -0.356 e. The average Bonchev–Trinajstić information content (AvgIpc) is 3.24. The second-order valence-electron chi connectivity index (χ2n) is 6.32. The van der Waals surface area contributed by atoms with Crippen LogP contribution in [-0.4, -0.2) is 22.0 Å². The van der Waals surface area contributed by atoms with E-state index >= 15 is 0 Å². The number of amides is 1. The molecule has 0 atom stereocenters. The first-order valence-electron chi connectivity index (χ1n) is 7.79. The SMILES string of the molecule is CC(C)C(=O)NCCc1ccc2c(c1)nc(C1CC1)n2C. The fraction of sp³-hybridized carbons (Fsp3) is 0.529. The van der Waals surface area contributed by atoms with Crippen LogP contribution in [0.15, 0.2) is 18.2 Å². The van der Waals surface area contributed by atoms with Crippen LogP contribution in [0.3, 0.4) is 0 Å². The van der Waals surface area contributed by atoms with Crippen molar-refractivity contribution in [1.82, 2.24) is 14.9 Å². The van der Waals surface area contributed by atoms with E-state index in [1.807, 2.05) is 13.8 Å². The molecule has 112 valence electrons. The van der Waals surface area contributed by atoms with Crippen LogP contribution in [0.2, 0.25) is 0 Å². The standard InChI is InChI=1S/C17H23N3O/c1-11(2)17(21)18-9-8-12-4-7-15-14(10-12)19-16(20(15)3)13-5-6-13/h4,7,10-11,13H,5-6,8-9H2,1-3H3,(H,18,21). The van der Waals surface area contributed by atoms with E-state index in [1.54, 1.807) is 0 Å². The van der Waals surface area contributed by atoms with E-state index in [4.69, 9.17) is 4.98 Å². The van der Waals surface area contributed by atoms with E-state index < -0.39 is 0 Å². The number of carbonyl (C=O) groups is 1. The molecular weight excluding hydrogens is 262 g/mol. The van der Waals surface area contributed by atoms with Crippen molar-refractivity contribution in [3.63, 3.8) is 0 Å². The molecule has 1 aromatic heterocycles. The number of aryl methyl sites for hydroxylation is 1. The van der Waals surface area contributed by atoms with E-state index in [9.17, 15) is 4.79 Å². The van der Waals surface area contributed by atoms with E-state index in [2.05, 4.69) is 35.1 Å². The first-order chi connectivity index (χ1) is 10.1. The molecule has 1 heterocycles. The molecule has 1 saturated carbocycles. The predicted octanol–water partition coefficient (Wildman–Crippen LogP) is 2.77. The molecule has 0 saturated heterocycles. The highest BCUT2D eigenvalue weighted by Gasteiger charge is 2.28. The zero-order valence-corrected chi connectivity index (χ0v) is 13.0. The molecule has 21 heavy (non-hydrogen) atoms. The fourth-order valence-corrected chi connectivity index (χ4v) is 2.66. The van der Waals surface area contributed by atoms with Gasteiger partial charge in [0, 0.05) is 25.4 Å². The number of hydrogen-bond donors (Lipinski definition) is 1. The Morgan fingerprint density at radius 3 is 2.86 bits per heavy atom. The highest BCUT2D eigenvalue weighted by molar-refractivity contribution is 5.78. The number of fused-ring (bicyclic) bond motifs is 1. The molecule has 1 aliphatic carbocycles. The summed E-state index contributed by atoms with van der Waals surface area (Å²) in [6.07, 6.45) is 3.39. The molecule has 0 aliphatic heterocycles. The quantitative estimate of drug-likeness (QED) is 0.918. The van der Waals surface area contributed by atoms with E-state index in [0.717, 1.165) is 11.9 Å². The lowest BCUT2D eigenvalue weighted by Gasteiger charge is -2.07. The zero-order valence-electron chi connectivity index (χ0n) is 13.0. The Morgan fingerprint density at radius 2 is 2.19 bits per heavy atom. The molecule has 1 fully saturated rings. The van der Waals surface area contributed by atoms with Gasteiger partial charge in [0.15, 0.2) is 0 Å². The molecule has 0 spiro atoms. The van der Waals surface area contributed by atoms with Crippen molar-refractivity contribution < 1.29 is 4.79 Å². The predicted molar refractivity (Wildman–Crippen MR) is 84.2 cm³/mol. The summed E-state index contributed by atoms with van der Waals surface area (Å²) in [5.41, 5.74) is 3.51. The molecule has 0 unspecified atom stereocenters. The molecule has 2 aromatic rings. The Labute approximate surface area is 125 Å². The van der Waals surface area contributed by atoms with Gasteiger partial charge in [-0.3, -0.25) is 4.79 Å². The summed E-state index contributed by atoms with van der Waals surface area (Å²) in [5, 5.41) is 2.96. The van der Waals surface area contributed by atoms with Crippen LogP contribution in [-0.2, 0) is 18.3 Å². The van der Waals surface area contributed by atoms with Gasteiger partial charge in [0.25, 0.3) is 0 Å². The summed E-state index contributed by atoms with van der Waals surface area (Å²) >= 11 is 0. The molecule has 1 aliphatic rings. The van der Waals surface area contributed by atoms with Crippen molar-refractivity contribution in [2.24, 2.45) is 13.0 Å². The minimum atomic E-state index is 0.0457. The van der Waals surface area contributed by atoms with Gasteiger partial charge in [-0.15, -0.1) is 0 Å². The number of benzene rings is 1. The van der Waals surface area contributed by atoms with Crippen molar-refractivity contribution >= 4 is 16.9 Å². The monoisotopic (exact) mass is 285 g/mol. The first-order valence-corrected chi connectivity index (χ1v) is 7.79. The molecule has 0 radical (unpaired) electrons. The van der Waals surface area contributed by atoms with Crippen LogP contribution in [0.5, 0.6) is 0 Å². The molecule has 4 nitrogen and oxygen atoms in total. The Balaban J connectivity index is 1.71. The van der Waals surface area contributed by atoms with Gasteiger partial charge in [-0.1, -0.05) is 19.9 Å². The van der Waals surface area contributed by atoms with Gasteiger partial charge in [-0.2, -0.15) is 0 Å². The Bertz CT molecular complexity index is 668. The van der Waals surface area contributed by atoms with Crippen molar-refractivity contribution in [1.29, 1.82) is 0 Å². The van der Waals surface area contributed by atoms with Crippen LogP contribution >= 0.6 is 0 Å². The van der Waals surface area contributed by atoms with Gasteiger partial charge in [0.2, 0.25) is 5.91 Å². The number of rotatable bonds is 5. The first kappa shape index (κ1) is 14.1. The van der Waals surface area contributed by atoms with Gasteiger partial charge in [0.1, 0.15) is 5.82 Å². The van der Waals surface area contributed by atoms with Gasteiger partial charge in [-0.25, -0.2) is 4.98 Å². The Morgan fingerprint density at radius 1 is 1.43 bits per heavy atom. The van der Waals surface area contributed by atoms with E-state index in [0.29, 0.717) is 12.5 Å². The summed E-state index contributed by atoms with van der Waals surface area (Å²) in [6.45, 7) is 4.51. The average molecular weight is 285 g/mol. The topological polar surface area (TPSA) is 46.9 Å². The van der Waals surface area contributed by atoms with Crippen molar-refractivity contribution in [2.45, 2.75) is 39.0 Å². The normalized spacial score (nSPS) is 14.9. The highest BCUT2D eigenvalue weighted by atomic mass is 16.1. The van der Waals surface area contributed by atoms with Gasteiger partial charge < -0.3 is 9.88 Å². The third-order valence-corrected chi connectivity index (χ3v) is 4.16. The second-order valence-corrected chi connectivity index (χ2v) is 6.32.